The van der Waals surface area contributed by atoms with E-state index in [0.717, 1.165) is 22.3 Å². The number of aliphatic hydroxyl groups is 4. The molecule has 8 nitrogen and oxygen atoms in total. The molecule has 0 fully saturated rings. The molecule has 0 heterocycles. The van der Waals surface area contributed by atoms with Crippen LogP contribution in [0.2, 0.25) is 0 Å². The molecule has 0 aliphatic rings. The quantitative estimate of drug-likeness (QED) is 0.347. The zero-order valence-electron chi connectivity index (χ0n) is 18.2. The van der Waals surface area contributed by atoms with E-state index >= 15 is 0 Å². The van der Waals surface area contributed by atoms with E-state index in [-0.39, 0.29) is 77.3 Å². The number of carbonyl (C=O) groups is 2. The van der Waals surface area contributed by atoms with Crippen LogP contribution in [0.25, 0.3) is 11.1 Å². The zero-order valence-corrected chi connectivity index (χ0v) is 18.2. The fourth-order valence-corrected chi connectivity index (χ4v) is 3.41. The van der Waals surface area contributed by atoms with Gasteiger partial charge in [-0.3, -0.25) is 9.59 Å². The van der Waals surface area contributed by atoms with Crippen molar-refractivity contribution in [3.63, 3.8) is 0 Å². The lowest BCUT2D eigenvalue weighted by molar-refractivity contribution is -0.132. The van der Waals surface area contributed by atoms with Gasteiger partial charge in [-0.05, 0) is 22.3 Å². The predicted octanol–water partition coefficient (Wildman–Crippen LogP) is 0.0650. The minimum atomic E-state index is -0.147. The largest absolute Gasteiger partial charge is 0.395 e. The molecular weight excluding hydrogens is 412 g/mol. The van der Waals surface area contributed by atoms with Crippen LogP contribution in [-0.4, -0.2) is 94.6 Å². The Morgan fingerprint density at radius 1 is 0.531 bits per heavy atom. The summed E-state index contributed by atoms with van der Waals surface area (Å²) < 4.78 is 0. The molecule has 0 unspecified atom stereocenters. The van der Waals surface area contributed by atoms with Gasteiger partial charge in [-0.25, -0.2) is 0 Å². The minimum absolute atomic E-state index is 0.146. The van der Waals surface area contributed by atoms with Gasteiger partial charge in [-0.1, -0.05) is 48.5 Å². The summed E-state index contributed by atoms with van der Waals surface area (Å²) in [6.07, 6.45) is 0.388. The van der Waals surface area contributed by atoms with Gasteiger partial charge in [-0.15, -0.1) is 0 Å². The van der Waals surface area contributed by atoms with Crippen molar-refractivity contribution in [3.05, 3.63) is 59.7 Å². The normalized spacial score (nSPS) is 10.8. The summed E-state index contributed by atoms with van der Waals surface area (Å²) in [5, 5.41) is 36.3. The molecule has 4 N–H and O–H groups in total. The van der Waals surface area contributed by atoms with Gasteiger partial charge < -0.3 is 30.2 Å². The molecule has 0 radical (unpaired) electrons. The van der Waals surface area contributed by atoms with E-state index in [1.165, 1.54) is 9.80 Å². The molecule has 8 heteroatoms. The molecule has 0 aliphatic heterocycles. The Hall–Kier alpha value is -2.78. The van der Waals surface area contributed by atoms with E-state index in [4.69, 9.17) is 20.4 Å². The Kier molecular flexibility index (Phi) is 10.8. The van der Waals surface area contributed by atoms with Crippen molar-refractivity contribution in [1.29, 1.82) is 0 Å². The zero-order chi connectivity index (χ0) is 23.3. The summed E-state index contributed by atoms with van der Waals surface area (Å²) >= 11 is 0. The number of hydrogen-bond donors (Lipinski definition) is 4. The molecular formula is C24H32N2O6. The van der Waals surface area contributed by atoms with Crippen molar-refractivity contribution in [1.82, 2.24) is 9.80 Å². The van der Waals surface area contributed by atoms with E-state index in [1.54, 1.807) is 0 Å². The highest BCUT2D eigenvalue weighted by atomic mass is 16.3. The van der Waals surface area contributed by atoms with Gasteiger partial charge in [-0.2, -0.15) is 0 Å². The lowest BCUT2D eigenvalue weighted by Gasteiger charge is -2.20. The first-order valence-corrected chi connectivity index (χ1v) is 10.7. The van der Waals surface area contributed by atoms with Crippen molar-refractivity contribution in [3.8, 4) is 11.1 Å². The average molecular weight is 445 g/mol. The molecule has 0 aliphatic carbocycles. The van der Waals surface area contributed by atoms with Crippen LogP contribution < -0.4 is 0 Å². The maximum atomic E-state index is 12.3. The average Bonchev–Trinajstić information content (AvgIpc) is 2.80. The number of rotatable bonds is 13. The lowest BCUT2D eigenvalue weighted by atomic mass is 10.0. The van der Waals surface area contributed by atoms with E-state index in [0.29, 0.717) is 0 Å². The van der Waals surface area contributed by atoms with E-state index in [1.807, 2.05) is 48.5 Å². The second-order valence-electron chi connectivity index (χ2n) is 7.40. The molecule has 0 saturated heterocycles. The van der Waals surface area contributed by atoms with Crippen molar-refractivity contribution >= 4 is 11.8 Å². The Bertz CT molecular complexity index is 755. The molecule has 2 aromatic rings. The second-order valence-corrected chi connectivity index (χ2v) is 7.40. The predicted molar refractivity (Wildman–Crippen MR) is 121 cm³/mol. The maximum Gasteiger partial charge on any atom is 0.227 e. The number of hydrogen-bond acceptors (Lipinski definition) is 6. The number of nitrogens with zero attached hydrogens (tertiary/aromatic N) is 2. The van der Waals surface area contributed by atoms with Crippen molar-refractivity contribution in [2.75, 3.05) is 52.6 Å². The Balaban J connectivity index is 1.99. The van der Waals surface area contributed by atoms with Crippen molar-refractivity contribution < 1.29 is 30.0 Å². The highest BCUT2D eigenvalue weighted by Crippen LogP contribution is 2.21. The van der Waals surface area contributed by atoms with E-state index in [9.17, 15) is 9.59 Å². The van der Waals surface area contributed by atoms with Gasteiger partial charge in [0.25, 0.3) is 0 Å². The van der Waals surface area contributed by atoms with Gasteiger partial charge >= 0.3 is 0 Å². The summed E-state index contributed by atoms with van der Waals surface area (Å²) in [5.41, 5.74) is 3.64. The highest BCUT2D eigenvalue weighted by Gasteiger charge is 2.14. The Morgan fingerprint density at radius 3 is 1.06 bits per heavy atom. The molecule has 174 valence electrons. The molecule has 2 rings (SSSR count). The van der Waals surface area contributed by atoms with Crippen LogP contribution >= 0.6 is 0 Å². The van der Waals surface area contributed by atoms with Crippen LogP contribution in [-0.2, 0) is 22.4 Å². The third-order valence-electron chi connectivity index (χ3n) is 5.14. The molecule has 2 aromatic carbocycles. The first-order valence-electron chi connectivity index (χ1n) is 10.7. The van der Waals surface area contributed by atoms with Gasteiger partial charge in [0.2, 0.25) is 11.8 Å². The molecule has 0 bridgehead atoms. The fraction of sp³-hybridized carbons (Fsp3) is 0.417. The number of benzene rings is 2. The maximum absolute atomic E-state index is 12.3. The number of amides is 2. The fourth-order valence-electron chi connectivity index (χ4n) is 3.41. The van der Waals surface area contributed by atoms with Crippen LogP contribution in [0.4, 0.5) is 0 Å². The molecule has 0 spiro atoms. The highest BCUT2D eigenvalue weighted by molar-refractivity contribution is 5.80. The van der Waals surface area contributed by atoms with Gasteiger partial charge in [0, 0.05) is 26.2 Å². The SMILES string of the molecule is O=C(Cc1ccc(-c2ccc(CC(=O)N(CCO)CCO)cc2)cc1)N(CCO)CCO. The van der Waals surface area contributed by atoms with Gasteiger partial charge in [0.15, 0.2) is 0 Å². The topological polar surface area (TPSA) is 122 Å². The lowest BCUT2D eigenvalue weighted by Crippen LogP contribution is -2.36. The second kappa shape index (κ2) is 13.6. The van der Waals surface area contributed by atoms with Crippen LogP contribution in [0.15, 0.2) is 48.5 Å². The summed E-state index contributed by atoms with van der Waals surface area (Å²) in [4.78, 5) is 27.6. The minimum Gasteiger partial charge on any atom is -0.395 e. The van der Waals surface area contributed by atoms with Crippen molar-refractivity contribution in [2.45, 2.75) is 12.8 Å². The van der Waals surface area contributed by atoms with Crippen molar-refractivity contribution in [2.24, 2.45) is 0 Å². The monoisotopic (exact) mass is 444 g/mol. The Morgan fingerprint density at radius 2 is 0.812 bits per heavy atom. The van der Waals surface area contributed by atoms with Crippen LogP contribution in [0.3, 0.4) is 0 Å². The molecule has 2 amide bonds. The first kappa shape index (κ1) is 25.5. The van der Waals surface area contributed by atoms with Gasteiger partial charge in [0.05, 0.1) is 39.3 Å². The third-order valence-corrected chi connectivity index (χ3v) is 5.14. The van der Waals surface area contributed by atoms with E-state index in [2.05, 4.69) is 0 Å². The summed E-state index contributed by atoms with van der Waals surface area (Å²) in [6.45, 7) is 0.211. The standard InChI is InChI=1S/C24H32N2O6/c27-13-9-25(10-14-28)23(31)17-19-1-5-21(6-2-19)22-7-3-20(4-8-22)18-24(32)26(11-15-29)12-16-30/h1-8,27-30H,9-18H2. The molecule has 0 aromatic heterocycles. The number of aliphatic hydroxyl groups excluding tert-OH is 4. The summed E-state index contributed by atoms with van der Waals surface area (Å²) in [5.74, 6) is -0.294. The number of carbonyl (C=O) groups excluding carboxylic acids is 2. The molecule has 32 heavy (non-hydrogen) atoms. The summed E-state index contributed by atoms with van der Waals surface area (Å²) in [7, 11) is 0. The molecule has 0 atom stereocenters. The van der Waals surface area contributed by atoms with Gasteiger partial charge in [0.1, 0.15) is 0 Å². The van der Waals surface area contributed by atoms with Crippen LogP contribution in [0.1, 0.15) is 11.1 Å². The smallest absolute Gasteiger partial charge is 0.227 e. The first-order chi connectivity index (χ1) is 15.5. The summed E-state index contributed by atoms with van der Waals surface area (Å²) in [6, 6.07) is 15.2. The van der Waals surface area contributed by atoms with E-state index < -0.39 is 0 Å². The third kappa shape index (κ3) is 7.72. The van der Waals surface area contributed by atoms with Crippen LogP contribution in [0, 0.1) is 0 Å². The molecule has 0 saturated carbocycles. The Labute approximate surface area is 188 Å². The van der Waals surface area contributed by atoms with Crippen LogP contribution in [0.5, 0.6) is 0 Å².